The zero-order valence-corrected chi connectivity index (χ0v) is 12.6. The smallest absolute Gasteiger partial charge is 0.156 e. The number of rotatable bonds is 3. The van der Waals surface area contributed by atoms with E-state index in [9.17, 15) is 0 Å². The fraction of sp³-hybridized carbons (Fsp3) is 0.286. The molecular weight excluding hydrogens is 297 g/mol. The topological polar surface area (TPSA) is 43.9 Å². The fourth-order valence-electron chi connectivity index (χ4n) is 2.24. The lowest BCUT2D eigenvalue weighted by Crippen LogP contribution is -2.05. The molecular formula is C14H13Cl2N3O. The highest BCUT2D eigenvalue weighted by molar-refractivity contribution is 6.31. The number of aromatic nitrogens is 3. The van der Waals surface area contributed by atoms with Crippen molar-refractivity contribution in [1.29, 1.82) is 0 Å². The molecule has 0 N–H and O–H groups in total. The predicted octanol–water partition coefficient (Wildman–Crippen LogP) is 4.33. The van der Waals surface area contributed by atoms with Gasteiger partial charge in [0.1, 0.15) is 5.82 Å². The van der Waals surface area contributed by atoms with E-state index in [2.05, 4.69) is 10.1 Å². The van der Waals surface area contributed by atoms with Gasteiger partial charge in [0.05, 0.1) is 28.6 Å². The van der Waals surface area contributed by atoms with Gasteiger partial charge >= 0.3 is 0 Å². The molecule has 2 heterocycles. The van der Waals surface area contributed by atoms with E-state index in [4.69, 9.17) is 27.7 Å². The Balaban J connectivity index is 2.13. The van der Waals surface area contributed by atoms with E-state index in [1.807, 2.05) is 42.7 Å². The van der Waals surface area contributed by atoms with Crippen LogP contribution < -0.4 is 0 Å². The van der Waals surface area contributed by atoms with Gasteiger partial charge < -0.3 is 9.09 Å². The molecule has 0 amide bonds. The summed E-state index contributed by atoms with van der Waals surface area (Å²) in [5.41, 5.74) is 2.66. The Kier molecular flexibility index (Phi) is 3.44. The summed E-state index contributed by atoms with van der Waals surface area (Å²) >= 11 is 12.2. The number of halogens is 2. The maximum atomic E-state index is 6.23. The van der Waals surface area contributed by atoms with Crippen molar-refractivity contribution in [2.75, 3.05) is 0 Å². The van der Waals surface area contributed by atoms with Crippen LogP contribution in [0, 0.1) is 6.92 Å². The molecule has 20 heavy (non-hydrogen) atoms. The molecule has 4 nitrogen and oxygen atoms in total. The van der Waals surface area contributed by atoms with Gasteiger partial charge in [-0.1, -0.05) is 16.8 Å². The van der Waals surface area contributed by atoms with E-state index in [1.54, 1.807) is 0 Å². The molecule has 3 rings (SSSR count). The number of aryl methyl sites for hydroxylation is 1. The third-order valence-corrected chi connectivity index (χ3v) is 3.52. The first-order chi connectivity index (χ1) is 9.54. The van der Waals surface area contributed by atoms with Crippen molar-refractivity contribution in [3.8, 4) is 0 Å². The molecule has 0 aliphatic rings. The standard InChI is InChI=1S/C14H13Cl2N3O/c1-8-5-11(20-18-8)7-19-13-4-3-10(16)6-12(13)17-14(19)9(2)15/h3-6,9H,7H2,1-2H3. The molecule has 0 aliphatic carbocycles. The van der Waals surface area contributed by atoms with Crippen molar-refractivity contribution in [2.45, 2.75) is 25.8 Å². The molecule has 0 saturated carbocycles. The highest BCUT2D eigenvalue weighted by Crippen LogP contribution is 2.27. The molecule has 1 unspecified atom stereocenters. The Labute approximate surface area is 126 Å². The van der Waals surface area contributed by atoms with Gasteiger partial charge in [-0.2, -0.15) is 0 Å². The van der Waals surface area contributed by atoms with Crippen LogP contribution in [0.5, 0.6) is 0 Å². The second-order valence-electron chi connectivity index (χ2n) is 4.74. The summed E-state index contributed by atoms with van der Waals surface area (Å²) in [6.45, 7) is 4.34. The summed E-state index contributed by atoms with van der Waals surface area (Å²) in [6.07, 6.45) is 0. The molecule has 1 atom stereocenters. The molecule has 0 bridgehead atoms. The van der Waals surface area contributed by atoms with Crippen LogP contribution in [0.25, 0.3) is 11.0 Å². The molecule has 2 aromatic heterocycles. The number of nitrogens with zero attached hydrogens (tertiary/aromatic N) is 3. The van der Waals surface area contributed by atoms with Crippen LogP contribution in [0.3, 0.4) is 0 Å². The van der Waals surface area contributed by atoms with Crippen LogP contribution in [-0.4, -0.2) is 14.7 Å². The van der Waals surface area contributed by atoms with Crippen molar-refractivity contribution in [2.24, 2.45) is 0 Å². The fourth-order valence-corrected chi connectivity index (χ4v) is 2.57. The van der Waals surface area contributed by atoms with Crippen LogP contribution in [-0.2, 0) is 6.54 Å². The van der Waals surface area contributed by atoms with Crippen molar-refractivity contribution in [3.05, 3.63) is 46.6 Å². The average Bonchev–Trinajstić information content (AvgIpc) is 2.94. The van der Waals surface area contributed by atoms with E-state index in [1.165, 1.54) is 0 Å². The maximum Gasteiger partial charge on any atom is 0.156 e. The van der Waals surface area contributed by atoms with Gasteiger partial charge in [-0.3, -0.25) is 0 Å². The van der Waals surface area contributed by atoms with Crippen LogP contribution in [0.1, 0.15) is 29.6 Å². The summed E-state index contributed by atoms with van der Waals surface area (Å²) in [5, 5.41) is 4.36. The minimum absolute atomic E-state index is 0.204. The lowest BCUT2D eigenvalue weighted by atomic mass is 10.3. The minimum atomic E-state index is -0.204. The molecule has 0 radical (unpaired) electrons. The summed E-state index contributed by atoms with van der Waals surface area (Å²) in [6, 6.07) is 7.53. The van der Waals surface area contributed by atoms with E-state index < -0.39 is 0 Å². The Morgan fingerprint density at radius 1 is 1.35 bits per heavy atom. The number of alkyl halides is 1. The van der Waals surface area contributed by atoms with Gasteiger partial charge in [0.2, 0.25) is 0 Å². The number of hydrogen-bond donors (Lipinski definition) is 0. The number of fused-ring (bicyclic) bond motifs is 1. The first kappa shape index (κ1) is 13.5. The van der Waals surface area contributed by atoms with Gasteiger partial charge in [-0.05, 0) is 32.0 Å². The van der Waals surface area contributed by atoms with Gasteiger partial charge in [-0.25, -0.2) is 4.98 Å². The second kappa shape index (κ2) is 5.11. The molecule has 104 valence electrons. The van der Waals surface area contributed by atoms with Crippen LogP contribution in [0.2, 0.25) is 5.02 Å². The third kappa shape index (κ3) is 2.41. The predicted molar refractivity (Wildman–Crippen MR) is 79.4 cm³/mol. The Bertz CT molecular complexity index is 761. The molecule has 0 fully saturated rings. The normalized spacial score (nSPS) is 13.0. The van der Waals surface area contributed by atoms with Crippen LogP contribution in [0.4, 0.5) is 0 Å². The maximum absolute atomic E-state index is 6.23. The Hall–Kier alpha value is -1.52. The van der Waals surface area contributed by atoms with Gasteiger partial charge in [-0.15, -0.1) is 11.6 Å². The highest BCUT2D eigenvalue weighted by atomic mass is 35.5. The van der Waals surface area contributed by atoms with E-state index in [0.717, 1.165) is 28.3 Å². The van der Waals surface area contributed by atoms with E-state index >= 15 is 0 Å². The zero-order chi connectivity index (χ0) is 14.3. The largest absolute Gasteiger partial charge is 0.359 e. The van der Waals surface area contributed by atoms with Crippen LogP contribution >= 0.6 is 23.2 Å². The second-order valence-corrected chi connectivity index (χ2v) is 5.83. The monoisotopic (exact) mass is 309 g/mol. The summed E-state index contributed by atoms with van der Waals surface area (Å²) in [4.78, 5) is 4.56. The molecule has 0 saturated heterocycles. The number of imidazole rings is 1. The van der Waals surface area contributed by atoms with Crippen molar-refractivity contribution < 1.29 is 4.52 Å². The van der Waals surface area contributed by atoms with Gasteiger partial charge in [0.25, 0.3) is 0 Å². The summed E-state index contributed by atoms with van der Waals surface area (Å²) in [5.74, 6) is 1.56. The van der Waals surface area contributed by atoms with Crippen LogP contribution in [0.15, 0.2) is 28.8 Å². The lowest BCUT2D eigenvalue weighted by molar-refractivity contribution is 0.372. The quantitative estimate of drug-likeness (QED) is 0.676. The van der Waals surface area contributed by atoms with Crippen molar-refractivity contribution in [3.63, 3.8) is 0 Å². The summed E-state index contributed by atoms with van der Waals surface area (Å²) in [7, 11) is 0. The first-order valence-corrected chi connectivity index (χ1v) is 7.08. The molecule has 6 heteroatoms. The van der Waals surface area contributed by atoms with Gasteiger partial charge in [0, 0.05) is 11.1 Å². The Morgan fingerprint density at radius 2 is 2.15 bits per heavy atom. The van der Waals surface area contributed by atoms with Gasteiger partial charge in [0.15, 0.2) is 5.76 Å². The lowest BCUT2D eigenvalue weighted by Gasteiger charge is -2.08. The van der Waals surface area contributed by atoms with Crippen molar-refractivity contribution in [1.82, 2.24) is 14.7 Å². The van der Waals surface area contributed by atoms with Crippen molar-refractivity contribution >= 4 is 34.2 Å². The number of benzene rings is 1. The Morgan fingerprint density at radius 3 is 2.80 bits per heavy atom. The molecule has 0 aliphatic heterocycles. The minimum Gasteiger partial charge on any atom is -0.359 e. The molecule has 0 spiro atoms. The first-order valence-electron chi connectivity index (χ1n) is 6.26. The number of hydrogen-bond acceptors (Lipinski definition) is 3. The average molecular weight is 310 g/mol. The SMILES string of the molecule is Cc1cc(Cn2c(C(C)Cl)nc3cc(Cl)ccc32)on1. The molecule has 1 aromatic carbocycles. The third-order valence-electron chi connectivity index (χ3n) is 3.09. The summed E-state index contributed by atoms with van der Waals surface area (Å²) < 4.78 is 7.31. The van der Waals surface area contributed by atoms with E-state index in [0.29, 0.717) is 11.6 Å². The highest BCUT2D eigenvalue weighted by Gasteiger charge is 2.16. The molecule has 3 aromatic rings. The van der Waals surface area contributed by atoms with E-state index in [-0.39, 0.29) is 5.38 Å². The zero-order valence-electron chi connectivity index (χ0n) is 11.1.